The highest BCUT2D eigenvalue weighted by molar-refractivity contribution is 7.25. The Morgan fingerprint density at radius 2 is 0.902 bits per heavy atom. The summed E-state index contributed by atoms with van der Waals surface area (Å²) < 4.78 is 2.67. The number of nitrogens with zero attached hydrogens (tertiary/aromatic N) is 2. The van der Waals surface area contributed by atoms with Crippen LogP contribution in [0.4, 0.5) is 0 Å². The summed E-state index contributed by atoms with van der Waals surface area (Å²) in [6.07, 6.45) is 3.56. The van der Waals surface area contributed by atoms with Gasteiger partial charge in [0.2, 0.25) is 0 Å². The third kappa shape index (κ3) is 3.36. The van der Waals surface area contributed by atoms with Crippen molar-refractivity contribution in [3.8, 4) is 22.3 Å². The van der Waals surface area contributed by atoms with Crippen LogP contribution in [-0.2, 0) is 0 Å². The van der Waals surface area contributed by atoms with Gasteiger partial charge in [-0.05, 0) is 68.1 Å². The molecule has 190 valence electrons. The van der Waals surface area contributed by atoms with Crippen molar-refractivity contribution in [3.63, 3.8) is 0 Å². The molecule has 9 aromatic rings. The second-order valence-electron chi connectivity index (χ2n) is 10.6. The molecule has 0 saturated carbocycles. The van der Waals surface area contributed by atoms with Gasteiger partial charge in [-0.3, -0.25) is 9.97 Å². The molecule has 0 spiro atoms. The summed E-state index contributed by atoms with van der Waals surface area (Å²) in [5, 5.41) is 9.85. The van der Waals surface area contributed by atoms with Crippen LogP contribution in [0.3, 0.4) is 0 Å². The van der Waals surface area contributed by atoms with Gasteiger partial charge in [-0.1, -0.05) is 97.1 Å². The fourth-order valence-electron chi connectivity index (χ4n) is 6.50. The zero-order chi connectivity index (χ0) is 26.9. The maximum atomic E-state index is 4.73. The van der Waals surface area contributed by atoms with Crippen LogP contribution < -0.4 is 0 Å². The Kier molecular flexibility index (Phi) is 4.80. The molecule has 0 aliphatic carbocycles. The Bertz CT molecular complexity index is 2450. The van der Waals surface area contributed by atoms with Crippen LogP contribution in [-0.4, -0.2) is 9.97 Å². The molecule has 0 atom stereocenters. The smallest absolute Gasteiger partial charge is 0.0971 e. The number of hydrogen-bond acceptors (Lipinski definition) is 3. The van der Waals surface area contributed by atoms with Gasteiger partial charge in [0, 0.05) is 43.3 Å². The lowest BCUT2D eigenvalue weighted by Gasteiger charge is -2.14. The summed E-state index contributed by atoms with van der Waals surface area (Å²) in [6, 6.07) is 44.3. The van der Waals surface area contributed by atoms with Gasteiger partial charge in [-0.25, -0.2) is 0 Å². The summed E-state index contributed by atoms with van der Waals surface area (Å²) >= 11 is 1.86. The zero-order valence-corrected chi connectivity index (χ0v) is 22.8. The van der Waals surface area contributed by atoms with Crippen molar-refractivity contribution in [1.82, 2.24) is 9.97 Å². The molecule has 0 amide bonds. The van der Waals surface area contributed by atoms with Crippen molar-refractivity contribution >= 4 is 74.9 Å². The standard InChI is InChI=1S/C38H22N2S/c1-2-9-31-29(7-1)33-21-23(15-17-32(33)38-37(31)39-19-20-40-38)25-10-5-13-28-26(11-6-12-27(25)28)24-16-18-36-34(22-24)30-8-3-4-14-35(30)41-36/h1-22H. The monoisotopic (exact) mass is 538 g/mol. The van der Waals surface area contributed by atoms with Crippen molar-refractivity contribution in [2.75, 3.05) is 0 Å². The van der Waals surface area contributed by atoms with E-state index in [4.69, 9.17) is 4.98 Å². The quantitative estimate of drug-likeness (QED) is 0.205. The number of benzene rings is 7. The van der Waals surface area contributed by atoms with Gasteiger partial charge in [0.1, 0.15) is 0 Å². The van der Waals surface area contributed by atoms with E-state index in [1.54, 1.807) is 12.4 Å². The molecule has 0 N–H and O–H groups in total. The highest BCUT2D eigenvalue weighted by atomic mass is 32.1. The first-order valence-electron chi connectivity index (χ1n) is 13.8. The Morgan fingerprint density at radius 1 is 0.366 bits per heavy atom. The first-order valence-corrected chi connectivity index (χ1v) is 14.6. The molecule has 0 fully saturated rings. The molecule has 3 heteroatoms. The molecule has 2 nitrogen and oxygen atoms in total. The van der Waals surface area contributed by atoms with Crippen LogP contribution in [0.5, 0.6) is 0 Å². The van der Waals surface area contributed by atoms with Crippen molar-refractivity contribution < 1.29 is 0 Å². The number of aromatic nitrogens is 2. The minimum atomic E-state index is 0.948. The van der Waals surface area contributed by atoms with Gasteiger partial charge in [-0.15, -0.1) is 11.3 Å². The Balaban J connectivity index is 1.27. The summed E-state index contributed by atoms with van der Waals surface area (Å²) in [6.45, 7) is 0. The fourth-order valence-corrected chi connectivity index (χ4v) is 7.59. The molecule has 0 aliphatic rings. The Morgan fingerprint density at radius 3 is 1.63 bits per heavy atom. The predicted octanol–water partition coefficient (Wildman–Crippen LogP) is 10.8. The number of fused-ring (bicyclic) bond motifs is 10. The van der Waals surface area contributed by atoms with E-state index >= 15 is 0 Å². The van der Waals surface area contributed by atoms with E-state index in [0.717, 1.165) is 21.8 Å². The maximum Gasteiger partial charge on any atom is 0.0971 e. The van der Waals surface area contributed by atoms with Crippen LogP contribution in [0.15, 0.2) is 134 Å². The summed E-state index contributed by atoms with van der Waals surface area (Å²) in [5.41, 5.74) is 6.84. The first kappa shape index (κ1) is 22.7. The van der Waals surface area contributed by atoms with E-state index in [1.165, 1.54) is 64.0 Å². The second-order valence-corrected chi connectivity index (χ2v) is 11.7. The lowest BCUT2D eigenvalue weighted by Crippen LogP contribution is -1.90. The molecule has 7 aromatic carbocycles. The van der Waals surface area contributed by atoms with E-state index in [0.29, 0.717) is 0 Å². The van der Waals surface area contributed by atoms with Gasteiger partial charge in [0.05, 0.1) is 11.0 Å². The molecule has 0 bridgehead atoms. The maximum absolute atomic E-state index is 4.73. The molecule has 41 heavy (non-hydrogen) atoms. The van der Waals surface area contributed by atoms with E-state index in [-0.39, 0.29) is 0 Å². The number of rotatable bonds is 2. The van der Waals surface area contributed by atoms with Crippen LogP contribution >= 0.6 is 11.3 Å². The van der Waals surface area contributed by atoms with Gasteiger partial charge in [0.25, 0.3) is 0 Å². The SMILES string of the molecule is c1ccc2c(c1)sc1ccc(-c3cccc4c(-c5ccc6c(c5)c5ccccc5c5nccnc65)cccc34)cc12. The van der Waals surface area contributed by atoms with Crippen LogP contribution in [0.2, 0.25) is 0 Å². The summed E-state index contributed by atoms with van der Waals surface area (Å²) in [5.74, 6) is 0. The highest BCUT2D eigenvalue weighted by Gasteiger charge is 2.14. The van der Waals surface area contributed by atoms with Crippen molar-refractivity contribution in [1.29, 1.82) is 0 Å². The topological polar surface area (TPSA) is 25.8 Å². The van der Waals surface area contributed by atoms with E-state index < -0.39 is 0 Å². The molecule has 2 heterocycles. The summed E-state index contributed by atoms with van der Waals surface area (Å²) in [4.78, 5) is 9.42. The normalized spacial score (nSPS) is 11.9. The van der Waals surface area contributed by atoms with Crippen LogP contribution in [0, 0.1) is 0 Å². The van der Waals surface area contributed by atoms with E-state index in [1.807, 2.05) is 11.3 Å². The molecular formula is C38H22N2S. The predicted molar refractivity (Wildman–Crippen MR) is 176 cm³/mol. The minimum Gasteiger partial charge on any atom is -0.252 e. The molecule has 0 radical (unpaired) electrons. The minimum absolute atomic E-state index is 0.948. The van der Waals surface area contributed by atoms with Crippen LogP contribution in [0.1, 0.15) is 0 Å². The van der Waals surface area contributed by atoms with Crippen molar-refractivity contribution in [2.45, 2.75) is 0 Å². The van der Waals surface area contributed by atoms with Crippen molar-refractivity contribution in [2.24, 2.45) is 0 Å². The molecule has 0 unspecified atom stereocenters. The largest absolute Gasteiger partial charge is 0.252 e. The number of hydrogen-bond donors (Lipinski definition) is 0. The van der Waals surface area contributed by atoms with Crippen molar-refractivity contribution in [3.05, 3.63) is 134 Å². The molecular weight excluding hydrogens is 516 g/mol. The third-order valence-corrected chi connectivity index (χ3v) is 9.52. The lowest BCUT2D eigenvalue weighted by atomic mass is 9.91. The average molecular weight is 539 g/mol. The molecule has 9 rings (SSSR count). The van der Waals surface area contributed by atoms with Gasteiger partial charge in [-0.2, -0.15) is 0 Å². The molecule has 0 aliphatic heterocycles. The Hall–Kier alpha value is -5.12. The Labute approximate surface area is 240 Å². The van der Waals surface area contributed by atoms with Crippen LogP contribution in [0.25, 0.3) is 85.8 Å². The van der Waals surface area contributed by atoms with Gasteiger partial charge < -0.3 is 0 Å². The lowest BCUT2D eigenvalue weighted by molar-refractivity contribution is 1.31. The first-order chi connectivity index (χ1) is 20.3. The third-order valence-electron chi connectivity index (χ3n) is 8.37. The number of thiophene rings is 1. The zero-order valence-electron chi connectivity index (χ0n) is 22.0. The highest BCUT2D eigenvalue weighted by Crippen LogP contribution is 2.41. The second kappa shape index (κ2) is 8.69. The average Bonchev–Trinajstić information content (AvgIpc) is 3.42. The van der Waals surface area contributed by atoms with E-state index in [9.17, 15) is 0 Å². The summed E-state index contributed by atoms with van der Waals surface area (Å²) in [7, 11) is 0. The fraction of sp³-hybridized carbons (Fsp3) is 0. The molecule has 0 saturated heterocycles. The van der Waals surface area contributed by atoms with Gasteiger partial charge >= 0.3 is 0 Å². The van der Waals surface area contributed by atoms with E-state index in [2.05, 4.69) is 126 Å². The molecule has 2 aromatic heterocycles. The van der Waals surface area contributed by atoms with Gasteiger partial charge in [0.15, 0.2) is 0 Å².